The van der Waals surface area contributed by atoms with Gasteiger partial charge in [0.25, 0.3) is 6.54 Å². The van der Waals surface area contributed by atoms with Crippen molar-refractivity contribution in [3.05, 3.63) is 10.1 Å². The molecule has 1 atom stereocenters. The number of unbranched alkanes of at least 4 members (excludes halogenated alkanes) is 22. The van der Waals surface area contributed by atoms with E-state index in [0.29, 0.717) is 38.8 Å². The molecule has 0 bridgehead atoms. The Hall–Kier alpha value is -1.99. The maximum Gasteiger partial charge on any atom is 0.259 e. The molecule has 264 valence electrons. The second kappa shape index (κ2) is 33.4. The molecular weight excluding hydrogens is 564 g/mol. The van der Waals surface area contributed by atoms with Crippen molar-refractivity contribution >= 4 is 17.5 Å². The molecule has 0 saturated heterocycles. The molecule has 0 aliphatic heterocycles. The smallest absolute Gasteiger partial charge is 0.259 e. The van der Waals surface area contributed by atoms with Gasteiger partial charge in [-0.15, -0.1) is 0 Å². The standard InChI is InChI=1S/C37H72N4O4/c1-3-5-7-9-10-11-12-13-14-15-16-17-18-19-20-21-22-23-24-29-35(42)32-34(37(43)40-31-26-8-6-4-2)28-25-27-30-39-36(38)33-41(44)45/h34H,3-33H2,1-2H3,(H2,38,39)(H,40,43)/t34-/m1/s1. The lowest BCUT2D eigenvalue weighted by Gasteiger charge is -2.16. The molecule has 0 radical (unpaired) electrons. The van der Waals surface area contributed by atoms with Crippen molar-refractivity contribution in [2.75, 3.05) is 19.6 Å². The van der Waals surface area contributed by atoms with Crippen molar-refractivity contribution in [3.63, 3.8) is 0 Å². The molecule has 45 heavy (non-hydrogen) atoms. The van der Waals surface area contributed by atoms with E-state index in [-0.39, 0.29) is 23.4 Å². The first kappa shape index (κ1) is 43.0. The van der Waals surface area contributed by atoms with Crippen LogP contribution in [0.4, 0.5) is 0 Å². The van der Waals surface area contributed by atoms with Crippen LogP contribution in [0.2, 0.25) is 0 Å². The van der Waals surface area contributed by atoms with E-state index >= 15 is 0 Å². The van der Waals surface area contributed by atoms with E-state index in [4.69, 9.17) is 5.73 Å². The van der Waals surface area contributed by atoms with E-state index in [1.54, 1.807) is 0 Å². The van der Waals surface area contributed by atoms with Gasteiger partial charge >= 0.3 is 0 Å². The molecule has 8 heteroatoms. The molecule has 0 spiro atoms. The zero-order valence-electron chi connectivity index (χ0n) is 29.6. The molecule has 0 aromatic heterocycles. The van der Waals surface area contributed by atoms with Crippen LogP contribution < -0.4 is 11.1 Å². The van der Waals surface area contributed by atoms with Crippen LogP contribution in [0, 0.1) is 16.0 Å². The molecule has 0 aliphatic carbocycles. The van der Waals surface area contributed by atoms with Gasteiger partial charge in [-0.25, -0.2) is 0 Å². The summed E-state index contributed by atoms with van der Waals surface area (Å²) in [6.45, 7) is 5.05. The largest absolute Gasteiger partial charge is 0.382 e. The Balaban J connectivity index is 3.99. The number of nitrogens with one attached hydrogen (secondary N) is 1. The first-order chi connectivity index (χ1) is 21.9. The highest BCUT2D eigenvalue weighted by atomic mass is 16.6. The van der Waals surface area contributed by atoms with Crippen LogP contribution in [-0.2, 0) is 9.59 Å². The second-order valence-electron chi connectivity index (χ2n) is 13.3. The van der Waals surface area contributed by atoms with E-state index in [1.165, 1.54) is 109 Å². The quantitative estimate of drug-likeness (QED) is 0.0235. The number of carbonyl (C=O) groups excluding carboxylic acids is 2. The second-order valence-corrected chi connectivity index (χ2v) is 13.3. The minimum absolute atomic E-state index is 0.0237. The summed E-state index contributed by atoms with van der Waals surface area (Å²) in [5, 5.41) is 13.6. The van der Waals surface area contributed by atoms with Crippen LogP contribution in [0.15, 0.2) is 4.99 Å². The molecule has 0 aromatic rings. The highest BCUT2D eigenvalue weighted by molar-refractivity contribution is 5.86. The highest BCUT2D eigenvalue weighted by Crippen LogP contribution is 2.18. The normalized spacial score (nSPS) is 12.4. The van der Waals surface area contributed by atoms with Gasteiger partial charge in [0, 0.05) is 36.8 Å². The zero-order valence-corrected chi connectivity index (χ0v) is 29.6. The monoisotopic (exact) mass is 637 g/mol. The van der Waals surface area contributed by atoms with Crippen LogP contribution in [0.3, 0.4) is 0 Å². The average Bonchev–Trinajstić information content (AvgIpc) is 3.00. The first-order valence-corrected chi connectivity index (χ1v) is 19.1. The van der Waals surface area contributed by atoms with Gasteiger partial charge < -0.3 is 11.1 Å². The molecule has 0 aromatic carbocycles. The Kier molecular flexibility index (Phi) is 31.9. The topological polar surface area (TPSA) is 128 Å². The Labute approximate surface area is 277 Å². The number of hydrogen-bond donors (Lipinski definition) is 2. The Bertz CT molecular complexity index is 744. The highest BCUT2D eigenvalue weighted by Gasteiger charge is 2.21. The fourth-order valence-corrected chi connectivity index (χ4v) is 5.92. The number of ketones is 1. The van der Waals surface area contributed by atoms with Crippen LogP contribution in [0.1, 0.15) is 194 Å². The number of amides is 1. The van der Waals surface area contributed by atoms with E-state index in [1.807, 2.05) is 0 Å². The number of nitrogens with zero attached hydrogens (tertiary/aromatic N) is 2. The van der Waals surface area contributed by atoms with Crippen LogP contribution in [0.5, 0.6) is 0 Å². The summed E-state index contributed by atoms with van der Waals surface area (Å²) in [4.78, 5) is 39.7. The third-order valence-corrected chi connectivity index (χ3v) is 8.80. The van der Waals surface area contributed by atoms with Gasteiger partial charge in [-0.05, 0) is 25.7 Å². The molecule has 0 saturated carbocycles. The van der Waals surface area contributed by atoms with Crippen molar-refractivity contribution in [2.24, 2.45) is 16.6 Å². The van der Waals surface area contributed by atoms with Crippen LogP contribution >= 0.6 is 0 Å². The molecule has 0 aliphatic rings. The predicted octanol–water partition coefficient (Wildman–Crippen LogP) is 9.88. The lowest BCUT2D eigenvalue weighted by molar-refractivity contribution is -0.463. The van der Waals surface area contributed by atoms with Gasteiger partial charge in [-0.1, -0.05) is 155 Å². The Morgan fingerprint density at radius 3 is 1.58 bits per heavy atom. The van der Waals surface area contributed by atoms with Gasteiger partial charge in [0.05, 0.1) is 0 Å². The fourth-order valence-electron chi connectivity index (χ4n) is 5.92. The summed E-state index contributed by atoms with van der Waals surface area (Å²) in [5.74, 6) is -0.133. The Morgan fingerprint density at radius 1 is 0.667 bits per heavy atom. The van der Waals surface area contributed by atoms with Crippen molar-refractivity contribution in [2.45, 2.75) is 194 Å². The van der Waals surface area contributed by atoms with Crippen molar-refractivity contribution in [1.82, 2.24) is 5.32 Å². The van der Waals surface area contributed by atoms with Gasteiger partial charge in [-0.3, -0.25) is 24.7 Å². The van der Waals surface area contributed by atoms with Crippen LogP contribution in [-0.4, -0.2) is 42.1 Å². The minimum atomic E-state index is -0.494. The maximum absolute atomic E-state index is 12.9. The van der Waals surface area contributed by atoms with Crippen molar-refractivity contribution in [3.8, 4) is 0 Å². The van der Waals surface area contributed by atoms with Crippen LogP contribution in [0.25, 0.3) is 0 Å². The summed E-state index contributed by atoms with van der Waals surface area (Å²) >= 11 is 0. The number of aliphatic imine (C=N–C) groups is 1. The predicted molar refractivity (Wildman–Crippen MR) is 190 cm³/mol. The molecule has 8 nitrogen and oxygen atoms in total. The summed E-state index contributed by atoms with van der Waals surface area (Å²) in [5.41, 5.74) is 5.56. The summed E-state index contributed by atoms with van der Waals surface area (Å²) in [7, 11) is 0. The third-order valence-electron chi connectivity index (χ3n) is 8.80. The number of nitro groups is 1. The van der Waals surface area contributed by atoms with E-state index < -0.39 is 11.5 Å². The number of hydrogen-bond acceptors (Lipinski definition) is 5. The van der Waals surface area contributed by atoms with Crippen molar-refractivity contribution < 1.29 is 14.5 Å². The number of rotatable bonds is 35. The van der Waals surface area contributed by atoms with Gasteiger partial charge in [0.2, 0.25) is 5.91 Å². The molecule has 0 rings (SSSR count). The molecule has 0 heterocycles. The lowest BCUT2D eigenvalue weighted by Crippen LogP contribution is -2.33. The van der Waals surface area contributed by atoms with E-state index in [0.717, 1.165) is 44.9 Å². The fraction of sp³-hybridized carbons (Fsp3) is 0.919. The summed E-state index contributed by atoms with van der Waals surface area (Å²) in [6, 6.07) is 0. The number of nitrogens with two attached hydrogens (primary N) is 1. The first-order valence-electron chi connectivity index (χ1n) is 19.1. The zero-order chi connectivity index (χ0) is 33.2. The Morgan fingerprint density at radius 2 is 1.11 bits per heavy atom. The van der Waals surface area contributed by atoms with Gasteiger partial charge in [-0.2, -0.15) is 0 Å². The molecule has 0 fully saturated rings. The number of carbonyl (C=O) groups is 2. The average molecular weight is 637 g/mol. The molecule has 0 unspecified atom stereocenters. The van der Waals surface area contributed by atoms with Gasteiger partial charge in [0.1, 0.15) is 5.78 Å². The van der Waals surface area contributed by atoms with Gasteiger partial charge in [0.15, 0.2) is 5.84 Å². The SMILES string of the molecule is CCCCCCCCCCCCCCCCCCCCCC(=O)C[C@@H](CCCCN=C(N)C[N+](=O)[O-])C(=O)NCCCCCC. The van der Waals surface area contributed by atoms with Crippen molar-refractivity contribution in [1.29, 1.82) is 0 Å². The summed E-state index contributed by atoms with van der Waals surface area (Å²) < 4.78 is 0. The molecule has 3 N–H and O–H groups in total. The third kappa shape index (κ3) is 31.8. The lowest BCUT2D eigenvalue weighted by atomic mass is 9.93. The number of amidine groups is 1. The number of Topliss-reactive ketones (excluding diaryl/α,β-unsaturated/α-hetero) is 1. The maximum atomic E-state index is 12.9. The minimum Gasteiger partial charge on any atom is -0.382 e. The molecular formula is C37H72N4O4. The molecule has 1 amide bonds. The van der Waals surface area contributed by atoms with E-state index in [2.05, 4.69) is 24.2 Å². The van der Waals surface area contributed by atoms with E-state index in [9.17, 15) is 19.7 Å². The summed E-state index contributed by atoms with van der Waals surface area (Å²) in [6.07, 6.45) is 32.6.